The van der Waals surface area contributed by atoms with E-state index in [1.54, 1.807) is 0 Å². The summed E-state index contributed by atoms with van der Waals surface area (Å²) in [6, 6.07) is 5.67. The maximum Gasteiger partial charge on any atom is 0.0666 e. The Kier molecular flexibility index (Phi) is 4.00. The van der Waals surface area contributed by atoms with Gasteiger partial charge in [0.05, 0.1) is 6.10 Å². The highest BCUT2D eigenvalue weighted by Crippen LogP contribution is 2.33. The van der Waals surface area contributed by atoms with Crippen LogP contribution in [0.1, 0.15) is 18.9 Å². The Balaban J connectivity index is 1.99. The fourth-order valence-electron chi connectivity index (χ4n) is 1.85. The molecule has 1 saturated heterocycles. The summed E-state index contributed by atoms with van der Waals surface area (Å²) in [5, 5.41) is 1.33. The van der Waals surface area contributed by atoms with Gasteiger partial charge in [-0.15, -0.1) is 0 Å². The normalized spacial score (nSPS) is 24.9. The zero-order valence-electron chi connectivity index (χ0n) is 9.28. The molecule has 0 amide bonds. The van der Waals surface area contributed by atoms with Crippen molar-refractivity contribution in [3.05, 3.63) is 28.8 Å². The summed E-state index contributed by atoms with van der Waals surface area (Å²) >= 11 is 8.01. The van der Waals surface area contributed by atoms with Crippen LogP contribution in [0.15, 0.2) is 18.2 Å². The molecule has 0 spiro atoms. The molecule has 0 bridgehead atoms. The van der Waals surface area contributed by atoms with Crippen LogP contribution < -0.4 is 5.73 Å². The number of hydrogen-bond donors (Lipinski definition) is 1. The van der Waals surface area contributed by atoms with Crippen LogP contribution >= 0.6 is 23.4 Å². The van der Waals surface area contributed by atoms with Gasteiger partial charge >= 0.3 is 0 Å². The molecule has 1 heterocycles. The van der Waals surface area contributed by atoms with Crippen molar-refractivity contribution in [2.45, 2.75) is 30.5 Å². The van der Waals surface area contributed by atoms with Crippen LogP contribution in [0.2, 0.25) is 5.02 Å². The van der Waals surface area contributed by atoms with E-state index >= 15 is 0 Å². The summed E-state index contributed by atoms with van der Waals surface area (Å²) in [5.41, 5.74) is 7.74. The number of benzene rings is 1. The molecular weight excluding hydrogens is 242 g/mol. The first-order valence-corrected chi connectivity index (χ1v) is 6.87. The van der Waals surface area contributed by atoms with E-state index in [4.69, 9.17) is 22.1 Å². The van der Waals surface area contributed by atoms with E-state index in [2.05, 4.69) is 6.92 Å². The molecule has 2 rings (SSSR count). The van der Waals surface area contributed by atoms with Crippen molar-refractivity contribution in [3.63, 3.8) is 0 Å². The molecule has 0 aromatic heterocycles. The number of halogens is 1. The Labute approximate surface area is 105 Å². The molecule has 0 aliphatic carbocycles. The van der Waals surface area contributed by atoms with Crippen LogP contribution in [0, 0.1) is 0 Å². The number of rotatable bonds is 3. The summed E-state index contributed by atoms with van der Waals surface area (Å²) in [6.45, 7) is 3.00. The van der Waals surface area contributed by atoms with Gasteiger partial charge in [0.1, 0.15) is 0 Å². The zero-order valence-corrected chi connectivity index (χ0v) is 10.9. The van der Waals surface area contributed by atoms with E-state index in [-0.39, 0.29) is 0 Å². The minimum absolute atomic E-state index is 0.341. The molecule has 1 fully saturated rings. The SMILES string of the molecule is CC1OCCC1SCc1c(N)cccc1Cl. The van der Waals surface area contributed by atoms with Crippen molar-refractivity contribution >= 4 is 29.1 Å². The lowest BCUT2D eigenvalue weighted by Gasteiger charge is -2.14. The third kappa shape index (κ3) is 2.65. The molecule has 4 heteroatoms. The molecule has 2 nitrogen and oxygen atoms in total. The van der Waals surface area contributed by atoms with Crippen molar-refractivity contribution in [2.24, 2.45) is 0 Å². The first-order chi connectivity index (χ1) is 7.68. The molecule has 1 aromatic rings. The highest BCUT2D eigenvalue weighted by molar-refractivity contribution is 7.99. The average molecular weight is 258 g/mol. The van der Waals surface area contributed by atoms with Crippen LogP contribution in [-0.2, 0) is 10.5 Å². The number of ether oxygens (including phenoxy) is 1. The Morgan fingerprint density at radius 1 is 1.56 bits per heavy atom. The lowest BCUT2D eigenvalue weighted by Crippen LogP contribution is -2.13. The molecule has 2 unspecified atom stereocenters. The third-order valence-electron chi connectivity index (χ3n) is 2.90. The smallest absolute Gasteiger partial charge is 0.0666 e. The van der Waals surface area contributed by atoms with Gasteiger partial charge in [-0.25, -0.2) is 0 Å². The van der Waals surface area contributed by atoms with Gasteiger partial charge in [-0.05, 0) is 25.5 Å². The zero-order chi connectivity index (χ0) is 11.5. The van der Waals surface area contributed by atoms with E-state index in [1.165, 1.54) is 0 Å². The van der Waals surface area contributed by atoms with Crippen LogP contribution in [0.4, 0.5) is 5.69 Å². The molecule has 16 heavy (non-hydrogen) atoms. The quantitative estimate of drug-likeness (QED) is 0.844. The maximum atomic E-state index is 6.13. The standard InChI is InChI=1S/C12H16ClNOS/c1-8-12(5-6-15-8)16-7-9-10(13)3-2-4-11(9)14/h2-4,8,12H,5-7,14H2,1H3. The number of nitrogen functional groups attached to an aromatic ring is 1. The lowest BCUT2D eigenvalue weighted by atomic mass is 10.2. The van der Waals surface area contributed by atoms with E-state index < -0.39 is 0 Å². The summed E-state index contributed by atoms with van der Waals surface area (Å²) in [5.74, 6) is 0.865. The summed E-state index contributed by atoms with van der Waals surface area (Å²) < 4.78 is 5.53. The van der Waals surface area contributed by atoms with Gasteiger partial charge < -0.3 is 10.5 Å². The molecule has 2 N–H and O–H groups in total. The number of thioether (sulfide) groups is 1. The monoisotopic (exact) mass is 257 g/mol. The minimum Gasteiger partial charge on any atom is -0.398 e. The predicted molar refractivity (Wildman–Crippen MR) is 71.0 cm³/mol. The van der Waals surface area contributed by atoms with E-state index in [0.29, 0.717) is 11.4 Å². The van der Waals surface area contributed by atoms with Gasteiger partial charge in [0.2, 0.25) is 0 Å². The highest BCUT2D eigenvalue weighted by Gasteiger charge is 2.24. The van der Waals surface area contributed by atoms with Gasteiger partial charge in [0.15, 0.2) is 0 Å². The minimum atomic E-state index is 0.341. The molecular formula is C12H16ClNOS. The Morgan fingerprint density at radius 2 is 2.38 bits per heavy atom. The molecule has 0 saturated carbocycles. The van der Waals surface area contributed by atoms with Crippen LogP contribution in [-0.4, -0.2) is 18.0 Å². The van der Waals surface area contributed by atoms with Crippen LogP contribution in [0.25, 0.3) is 0 Å². The van der Waals surface area contributed by atoms with Crippen molar-refractivity contribution in [1.82, 2.24) is 0 Å². The average Bonchev–Trinajstić information content (AvgIpc) is 2.64. The highest BCUT2D eigenvalue weighted by atomic mass is 35.5. The van der Waals surface area contributed by atoms with Crippen LogP contribution in [0.5, 0.6) is 0 Å². The van der Waals surface area contributed by atoms with Crippen molar-refractivity contribution in [3.8, 4) is 0 Å². The molecule has 1 aliphatic rings. The number of hydrogen-bond acceptors (Lipinski definition) is 3. The summed E-state index contributed by atoms with van der Waals surface area (Å²) in [4.78, 5) is 0. The summed E-state index contributed by atoms with van der Waals surface area (Å²) in [6.07, 6.45) is 1.46. The van der Waals surface area contributed by atoms with Crippen molar-refractivity contribution < 1.29 is 4.74 Å². The first kappa shape index (κ1) is 12.1. The third-order valence-corrected chi connectivity index (χ3v) is 4.76. The van der Waals surface area contributed by atoms with Gasteiger partial charge in [0.25, 0.3) is 0 Å². The molecule has 2 atom stereocenters. The van der Waals surface area contributed by atoms with Crippen molar-refractivity contribution in [2.75, 3.05) is 12.3 Å². The van der Waals surface area contributed by atoms with Crippen LogP contribution in [0.3, 0.4) is 0 Å². The fourth-order valence-corrected chi connectivity index (χ4v) is 3.49. The lowest BCUT2D eigenvalue weighted by molar-refractivity contribution is 0.127. The Hall–Kier alpha value is -0.380. The first-order valence-electron chi connectivity index (χ1n) is 5.44. The topological polar surface area (TPSA) is 35.2 Å². The van der Waals surface area contributed by atoms with Gasteiger partial charge in [0, 0.05) is 33.9 Å². The summed E-state index contributed by atoms with van der Waals surface area (Å²) in [7, 11) is 0. The second-order valence-corrected chi connectivity index (χ2v) is 5.66. The second kappa shape index (κ2) is 5.30. The second-order valence-electron chi connectivity index (χ2n) is 4.02. The number of anilines is 1. The largest absolute Gasteiger partial charge is 0.398 e. The van der Waals surface area contributed by atoms with E-state index in [0.717, 1.165) is 35.1 Å². The number of nitrogens with two attached hydrogens (primary N) is 1. The van der Waals surface area contributed by atoms with E-state index in [1.807, 2.05) is 30.0 Å². The molecule has 1 aromatic carbocycles. The Bertz CT molecular complexity index is 352. The predicted octanol–water partition coefficient (Wildman–Crippen LogP) is 3.33. The van der Waals surface area contributed by atoms with Gasteiger partial charge in [-0.1, -0.05) is 17.7 Å². The van der Waals surface area contributed by atoms with Crippen molar-refractivity contribution in [1.29, 1.82) is 0 Å². The Morgan fingerprint density at radius 3 is 3.00 bits per heavy atom. The van der Waals surface area contributed by atoms with Gasteiger partial charge in [-0.3, -0.25) is 0 Å². The fraction of sp³-hybridized carbons (Fsp3) is 0.500. The maximum absolute atomic E-state index is 6.13. The molecule has 1 aliphatic heterocycles. The van der Waals surface area contributed by atoms with Gasteiger partial charge in [-0.2, -0.15) is 11.8 Å². The van der Waals surface area contributed by atoms with E-state index in [9.17, 15) is 0 Å². The molecule has 0 radical (unpaired) electrons. The molecule has 88 valence electrons.